The van der Waals surface area contributed by atoms with Gasteiger partial charge in [-0.15, -0.1) is 11.3 Å². The number of thiophene rings is 1. The number of likely N-dealkylation sites (tertiary alicyclic amines) is 1. The molecule has 0 saturated carbocycles. The number of halogens is 1. The van der Waals surface area contributed by atoms with Gasteiger partial charge in [0.15, 0.2) is 5.13 Å². The van der Waals surface area contributed by atoms with Gasteiger partial charge in [0.25, 0.3) is 0 Å². The Labute approximate surface area is 170 Å². The molecular formula is C21H30FN3O2S. The van der Waals surface area contributed by atoms with Crippen molar-refractivity contribution in [1.82, 2.24) is 9.88 Å². The van der Waals surface area contributed by atoms with Crippen molar-refractivity contribution in [2.75, 3.05) is 19.7 Å². The summed E-state index contributed by atoms with van der Waals surface area (Å²) >= 11 is 1.23. The van der Waals surface area contributed by atoms with Crippen molar-refractivity contribution >= 4 is 18.1 Å². The van der Waals surface area contributed by atoms with Crippen LogP contribution in [0.1, 0.15) is 42.8 Å². The second-order valence-electron chi connectivity index (χ2n) is 7.94. The first-order valence-electron chi connectivity index (χ1n) is 9.38. The molecule has 3 heterocycles. The van der Waals surface area contributed by atoms with E-state index >= 15 is 0 Å². The van der Waals surface area contributed by atoms with Crippen LogP contribution >= 0.6 is 11.3 Å². The Bertz CT molecular complexity index is 750. The van der Waals surface area contributed by atoms with Crippen LogP contribution in [0.3, 0.4) is 0 Å². The first kappa shape index (κ1) is 22.6. The first-order chi connectivity index (χ1) is 13.3. The van der Waals surface area contributed by atoms with Gasteiger partial charge in [-0.2, -0.15) is 4.39 Å². The summed E-state index contributed by atoms with van der Waals surface area (Å²) in [5.74, 6) is 5.46. The lowest BCUT2D eigenvalue weighted by atomic mass is 9.82. The molecule has 2 N–H and O–H groups in total. The van der Waals surface area contributed by atoms with E-state index in [4.69, 9.17) is 15.5 Å². The minimum Gasteiger partial charge on any atom is -0.307 e. The third-order valence-electron chi connectivity index (χ3n) is 5.77. The lowest BCUT2D eigenvalue weighted by molar-refractivity contribution is -0.0979. The predicted molar refractivity (Wildman–Crippen MR) is 110 cm³/mol. The number of hydrogen-bond donors (Lipinski definition) is 1. The topological polar surface area (TPSA) is 68.5 Å². The Kier molecular flexibility index (Phi) is 7.83. The van der Waals surface area contributed by atoms with E-state index in [9.17, 15) is 4.39 Å². The van der Waals surface area contributed by atoms with Crippen molar-refractivity contribution in [3.63, 3.8) is 0 Å². The number of aryl methyl sites for hydroxylation is 2. The molecule has 1 fully saturated rings. The van der Waals surface area contributed by atoms with E-state index in [1.165, 1.54) is 16.9 Å². The molecule has 154 valence electrons. The van der Waals surface area contributed by atoms with Crippen LogP contribution < -0.4 is 5.90 Å². The summed E-state index contributed by atoms with van der Waals surface area (Å²) in [4.78, 5) is 21.1. The number of pyridine rings is 1. The van der Waals surface area contributed by atoms with Crippen molar-refractivity contribution in [3.8, 4) is 0 Å². The quantitative estimate of drug-likeness (QED) is 0.706. The smallest absolute Gasteiger partial charge is 0.176 e. The predicted octanol–water partition coefficient (Wildman–Crippen LogP) is 3.86. The Hall–Kier alpha value is -1.67. The summed E-state index contributed by atoms with van der Waals surface area (Å²) in [5, 5.41) is -0.120. The second kappa shape index (κ2) is 9.69. The number of carbonyl (C=O) groups is 1. The molecule has 0 aliphatic carbocycles. The molecule has 0 amide bonds. The average Bonchev–Trinajstić information content (AvgIpc) is 3.30. The minimum absolute atomic E-state index is 0.00458. The van der Waals surface area contributed by atoms with Crippen molar-refractivity contribution < 1.29 is 14.0 Å². The Morgan fingerprint density at radius 2 is 2.11 bits per heavy atom. The molecule has 2 aromatic heterocycles. The van der Waals surface area contributed by atoms with Crippen LogP contribution in [-0.2, 0) is 21.6 Å². The van der Waals surface area contributed by atoms with E-state index in [0.717, 1.165) is 42.9 Å². The Morgan fingerprint density at radius 3 is 2.68 bits per heavy atom. The zero-order chi connectivity index (χ0) is 20.8. The van der Waals surface area contributed by atoms with Gasteiger partial charge < -0.3 is 9.63 Å². The molecule has 2 aromatic rings. The molecule has 1 unspecified atom stereocenters. The molecule has 5 nitrogen and oxygen atoms in total. The van der Waals surface area contributed by atoms with Gasteiger partial charge in [0.2, 0.25) is 0 Å². The third kappa shape index (κ3) is 5.23. The first-order valence-corrected chi connectivity index (χ1v) is 10.2. The van der Waals surface area contributed by atoms with Gasteiger partial charge >= 0.3 is 0 Å². The number of nitrogens with two attached hydrogens (primary N) is 1. The molecule has 3 rings (SSSR count). The summed E-state index contributed by atoms with van der Waals surface area (Å²) in [6, 6.07) is 7.65. The van der Waals surface area contributed by atoms with Gasteiger partial charge in [0.1, 0.15) is 6.79 Å². The van der Waals surface area contributed by atoms with Crippen LogP contribution in [0.5, 0.6) is 0 Å². The Balaban J connectivity index is 0.00000136. The molecule has 7 heteroatoms. The molecule has 0 spiro atoms. The molecule has 1 atom stereocenters. The molecule has 0 radical (unpaired) electrons. The number of rotatable bonds is 7. The molecule has 1 saturated heterocycles. The number of nitrogens with zero attached hydrogens (tertiary/aromatic N) is 2. The standard InChI is InChI=1S/C20H28FN3OS.CH2O/c1-15-4-5-16(12-23-15)19(2,3)24-11-10-20(13-24,14-25-22)9-8-17-6-7-18(21)26-17;1-2/h4-7,12H,8-11,13-14,22H2,1-3H3;1H2. The van der Waals surface area contributed by atoms with Crippen LogP contribution in [0.2, 0.25) is 0 Å². The van der Waals surface area contributed by atoms with Crippen LogP contribution in [0.25, 0.3) is 0 Å². The maximum atomic E-state index is 13.3. The lowest BCUT2D eigenvalue weighted by Crippen LogP contribution is -2.42. The highest BCUT2D eigenvalue weighted by molar-refractivity contribution is 7.10. The Morgan fingerprint density at radius 1 is 1.36 bits per heavy atom. The highest BCUT2D eigenvalue weighted by Crippen LogP contribution is 2.41. The third-order valence-corrected chi connectivity index (χ3v) is 6.70. The molecule has 1 aliphatic heterocycles. The highest BCUT2D eigenvalue weighted by atomic mass is 32.1. The lowest BCUT2D eigenvalue weighted by Gasteiger charge is -2.38. The maximum absolute atomic E-state index is 13.3. The summed E-state index contributed by atoms with van der Waals surface area (Å²) in [6.07, 6.45) is 4.81. The van der Waals surface area contributed by atoms with Gasteiger partial charge in [0.05, 0.1) is 6.61 Å². The van der Waals surface area contributed by atoms with E-state index in [1.54, 1.807) is 6.07 Å². The van der Waals surface area contributed by atoms with Crippen LogP contribution in [0, 0.1) is 17.5 Å². The molecular weight excluding hydrogens is 377 g/mol. The molecule has 28 heavy (non-hydrogen) atoms. The van der Waals surface area contributed by atoms with E-state index < -0.39 is 0 Å². The molecule has 1 aliphatic rings. The van der Waals surface area contributed by atoms with Crippen LogP contribution in [-0.4, -0.2) is 36.4 Å². The zero-order valence-electron chi connectivity index (χ0n) is 16.9. The summed E-state index contributed by atoms with van der Waals surface area (Å²) in [7, 11) is 0. The highest BCUT2D eigenvalue weighted by Gasteiger charge is 2.43. The number of aromatic nitrogens is 1. The fourth-order valence-electron chi connectivity index (χ4n) is 3.87. The fourth-order valence-corrected chi connectivity index (χ4v) is 4.60. The van der Waals surface area contributed by atoms with Gasteiger partial charge in [-0.25, -0.2) is 5.90 Å². The maximum Gasteiger partial charge on any atom is 0.176 e. The van der Waals surface area contributed by atoms with Gasteiger partial charge in [-0.3, -0.25) is 9.88 Å². The number of carbonyl (C=O) groups excluding carboxylic acids is 1. The second-order valence-corrected chi connectivity index (χ2v) is 9.05. The molecule has 0 bridgehead atoms. The monoisotopic (exact) mass is 407 g/mol. The summed E-state index contributed by atoms with van der Waals surface area (Å²) < 4.78 is 13.3. The van der Waals surface area contributed by atoms with Crippen LogP contribution in [0.15, 0.2) is 30.5 Å². The van der Waals surface area contributed by atoms with Gasteiger partial charge in [-0.05, 0) is 70.3 Å². The van der Waals surface area contributed by atoms with E-state index in [-0.39, 0.29) is 16.1 Å². The van der Waals surface area contributed by atoms with E-state index in [1.807, 2.05) is 26.0 Å². The SMILES string of the molecule is C=O.Cc1ccc(C(C)(C)N2CCC(CCc3ccc(F)s3)(CON)C2)cn1. The van der Waals surface area contributed by atoms with Crippen LogP contribution in [0.4, 0.5) is 4.39 Å². The average molecular weight is 408 g/mol. The number of hydrogen-bond acceptors (Lipinski definition) is 6. The van der Waals surface area contributed by atoms with Crippen molar-refractivity contribution in [1.29, 1.82) is 0 Å². The minimum atomic E-state index is -0.120. The summed E-state index contributed by atoms with van der Waals surface area (Å²) in [6.45, 7) is 10.9. The normalized spacial score (nSPS) is 20.0. The van der Waals surface area contributed by atoms with Crippen molar-refractivity contribution in [2.45, 2.75) is 45.6 Å². The van der Waals surface area contributed by atoms with Gasteiger partial charge in [0, 0.05) is 34.3 Å². The largest absolute Gasteiger partial charge is 0.307 e. The fraction of sp³-hybridized carbons (Fsp3) is 0.524. The molecule has 0 aromatic carbocycles. The summed E-state index contributed by atoms with van der Waals surface area (Å²) in [5.41, 5.74) is 2.14. The zero-order valence-corrected chi connectivity index (χ0v) is 17.7. The van der Waals surface area contributed by atoms with Crippen molar-refractivity contribution in [2.24, 2.45) is 11.3 Å². The van der Waals surface area contributed by atoms with E-state index in [0.29, 0.717) is 6.61 Å². The van der Waals surface area contributed by atoms with Gasteiger partial charge in [-0.1, -0.05) is 6.07 Å². The van der Waals surface area contributed by atoms with Crippen molar-refractivity contribution in [3.05, 3.63) is 51.7 Å². The van der Waals surface area contributed by atoms with E-state index in [2.05, 4.69) is 35.9 Å².